The molecule has 0 aromatic heterocycles. The third kappa shape index (κ3) is 4.72. The molecule has 3 rings (SSSR count). The van der Waals surface area contributed by atoms with Gasteiger partial charge < -0.3 is 10.2 Å². The van der Waals surface area contributed by atoms with Crippen LogP contribution in [0.1, 0.15) is 18.4 Å². The number of fused-ring (bicyclic) bond motifs is 1. The Bertz CT molecular complexity index is 829. The number of nitrogens with one attached hydrogen (secondary N) is 1. The third-order valence-corrected chi connectivity index (χ3v) is 5.72. The Kier molecular flexibility index (Phi) is 6.46. The van der Waals surface area contributed by atoms with Gasteiger partial charge >= 0.3 is 0 Å². The summed E-state index contributed by atoms with van der Waals surface area (Å²) in [6.07, 6.45) is 0.328. The lowest BCUT2D eigenvalue weighted by Crippen LogP contribution is -2.36. The van der Waals surface area contributed by atoms with Crippen LogP contribution in [0.25, 0.3) is 0 Å². The monoisotopic (exact) mass is 408 g/mol. The van der Waals surface area contributed by atoms with E-state index in [1.807, 2.05) is 24.3 Å². The van der Waals surface area contributed by atoms with Crippen molar-refractivity contribution in [3.63, 3.8) is 0 Å². The van der Waals surface area contributed by atoms with Crippen molar-refractivity contribution in [3.8, 4) is 0 Å². The van der Waals surface area contributed by atoms with Crippen molar-refractivity contribution in [1.82, 2.24) is 5.32 Å². The Labute approximate surface area is 166 Å². The molecule has 1 N–H and O–H groups in total. The maximum absolute atomic E-state index is 12.5. The van der Waals surface area contributed by atoms with Gasteiger partial charge in [0.2, 0.25) is 11.8 Å². The number of anilines is 1. The van der Waals surface area contributed by atoms with Crippen molar-refractivity contribution >= 4 is 52.5 Å². The number of rotatable bonds is 5. The lowest BCUT2D eigenvalue weighted by atomic mass is 10.2. The number of hydrogen-bond acceptors (Lipinski definition) is 3. The molecule has 1 aliphatic rings. The van der Waals surface area contributed by atoms with E-state index in [0.29, 0.717) is 23.1 Å². The lowest BCUT2D eigenvalue weighted by molar-refractivity contribution is -0.125. The summed E-state index contributed by atoms with van der Waals surface area (Å²) in [4.78, 5) is 27.5. The highest BCUT2D eigenvalue weighted by atomic mass is 35.5. The van der Waals surface area contributed by atoms with E-state index in [1.165, 1.54) is 0 Å². The van der Waals surface area contributed by atoms with E-state index in [1.54, 1.807) is 34.9 Å². The van der Waals surface area contributed by atoms with Crippen LogP contribution in [-0.2, 0) is 16.1 Å². The van der Waals surface area contributed by atoms with Crippen LogP contribution >= 0.6 is 35.0 Å². The van der Waals surface area contributed by atoms with Crippen molar-refractivity contribution in [2.24, 2.45) is 0 Å². The van der Waals surface area contributed by atoms with Crippen molar-refractivity contribution < 1.29 is 9.59 Å². The van der Waals surface area contributed by atoms with Crippen LogP contribution in [0.3, 0.4) is 0 Å². The zero-order valence-electron chi connectivity index (χ0n) is 14.0. The number of carbonyl (C=O) groups is 2. The second-order valence-corrected chi connectivity index (χ2v) is 7.85. The van der Waals surface area contributed by atoms with Crippen molar-refractivity contribution in [2.75, 3.05) is 17.2 Å². The number of thioether (sulfide) groups is 1. The molecule has 0 radical (unpaired) electrons. The number of hydrogen-bond donors (Lipinski definition) is 1. The predicted molar refractivity (Wildman–Crippen MR) is 107 cm³/mol. The predicted octanol–water partition coefficient (Wildman–Crippen LogP) is 4.53. The number of carbonyl (C=O) groups excluding carboxylic acids is 2. The number of para-hydroxylation sites is 1. The van der Waals surface area contributed by atoms with E-state index in [9.17, 15) is 9.59 Å². The van der Waals surface area contributed by atoms with Crippen LogP contribution in [0.5, 0.6) is 0 Å². The largest absolute Gasteiger partial charge is 0.352 e. The first-order chi connectivity index (χ1) is 12.5. The minimum Gasteiger partial charge on any atom is -0.352 e. The normalized spacial score (nSPS) is 13.2. The number of amides is 2. The average molecular weight is 409 g/mol. The summed E-state index contributed by atoms with van der Waals surface area (Å²) in [5.41, 5.74) is 1.72. The fourth-order valence-corrected chi connectivity index (χ4v) is 4.20. The van der Waals surface area contributed by atoms with Gasteiger partial charge in [-0.25, -0.2) is 0 Å². The van der Waals surface area contributed by atoms with E-state index in [0.717, 1.165) is 21.9 Å². The van der Waals surface area contributed by atoms with E-state index in [2.05, 4.69) is 5.32 Å². The quantitative estimate of drug-likeness (QED) is 0.790. The summed E-state index contributed by atoms with van der Waals surface area (Å²) >= 11 is 13.7. The van der Waals surface area contributed by atoms with E-state index in [4.69, 9.17) is 23.2 Å². The molecule has 7 heteroatoms. The summed E-state index contributed by atoms with van der Waals surface area (Å²) in [5, 5.41) is 3.86. The van der Waals surface area contributed by atoms with Crippen molar-refractivity contribution in [2.45, 2.75) is 24.3 Å². The molecule has 0 saturated carbocycles. The standard InChI is InChI=1S/C19H18Cl2N2O2S/c20-14-6-5-13(15(21)11-14)12-22-18(24)7-8-19(25)23-9-10-26-17-4-2-1-3-16(17)23/h1-6,11H,7-10,12H2,(H,22,24). The first kappa shape index (κ1) is 19.1. The Morgan fingerprint density at radius 2 is 1.92 bits per heavy atom. The molecule has 1 heterocycles. The Morgan fingerprint density at radius 1 is 1.12 bits per heavy atom. The molecule has 1 aliphatic heterocycles. The summed E-state index contributed by atoms with van der Waals surface area (Å²) in [6.45, 7) is 0.981. The Hall–Kier alpha value is -1.69. The zero-order chi connectivity index (χ0) is 18.5. The molecule has 2 amide bonds. The molecule has 26 heavy (non-hydrogen) atoms. The second-order valence-electron chi connectivity index (χ2n) is 5.87. The molecule has 0 spiro atoms. The molecule has 0 saturated heterocycles. The Morgan fingerprint density at radius 3 is 2.73 bits per heavy atom. The van der Waals surface area contributed by atoms with Gasteiger partial charge in [0.15, 0.2) is 0 Å². The fourth-order valence-electron chi connectivity index (χ4n) is 2.73. The van der Waals surface area contributed by atoms with Crippen molar-refractivity contribution in [3.05, 3.63) is 58.1 Å². The number of benzene rings is 2. The molecule has 0 unspecified atom stereocenters. The minimum absolute atomic E-state index is 0.0302. The van der Waals surface area contributed by atoms with Gasteiger partial charge in [-0.05, 0) is 29.8 Å². The van der Waals surface area contributed by atoms with Gasteiger partial charge in [0.25, 0.3) is 0 Å². The lowest BCUT2D eigenvalue weighted by Gasteiger charge is -2.29. The molecule has 2 aromatic rings. The highest BCUT2D eigenvalue weighted by molar-refractivity contribution is 7.99. The molecular formula is C19H18Cl2N2O2S. The van der Waals surface area contributed by atoms with Gasteiger partial charge in [-0.2, -0.15) is 0 Å². The highest BCUT2D eigenvalue weighted by Crippen LogP contribution is 2.34. The van der Waals surface area contributed by atoms with Crippen molar-refractivity contribution in [1.29, 1.82) is 0 Å². The molecule has 0 bridgehead atoms. The molecular weight excluding hydrogens is 391 g/mol. The minimum atomic E-state index is -0.177. The zero-order valence-corrected chi connectivity index (χ0v) is 16.3. The van der Waals surface area contributed by atoms with Gasteiger partial charge in [-0.3, -0.25) is 9.59 Å². The first-order valence-corrected chi connectivity index (χ1v) is 10.0. The fraction of sp³-hybridized carbons (Fsp3) is 0.263. The second kappa shape index (κ2) is 8.80. The summed E-state index contributed by atoms with van der Waals surface area (Å²) < 4.78 is 0. The first-order valence-electron chi connectivity index (χ1n) is 8.27. The van der Waals surface area contributed by atoms with E-state index in [-0.39, 0.29) is 24.7 Å². The van der Waals surface area contributed by atoms with Gasteiger partial charge in [0, 0.05) is 46.6 Å². The van der Waals surface area contributed by atoms with Crippen LogP contribution in [0.4, 0.5) is 5.69 Å². The van der Waals surface area contributed by atoms with Crippen LogP contribution < -0.4 is 10.2 Å². The van der Waals surface area contributed by atoms with Crippen LogP contribution in [0.2, 0.25) is 10.0 Å². The number of nitrogens with zero attached hydrogens (tertiary/aromatic N) is 1. The SMILES string of the molecule is O=C(CCC(=O)N1CCSc2ccccc21)NCc1ccc(Cl)cc1Cl. The van der Waals surface area contributed by atoms with Crippen LogP contribution in [0, 0.1) is 0 Å². The molecule has 0 aliphatic carbocycles. The van der Waals surface area contributed by atoms with Crippen LogP contribution in [-0.4, -0.2) is 24.1 Å². The molecule has 0 atom stereocenters. The summed E-state index contributed by atoms with van der Waals surface area (Å²) in [6, 6.07) is 13.0. The topological polar surface area (TPSA) is 49.4 Å². The van der Waals surface area contributed by atoms with Gasteiger partial charge in [0.05, 0.1) is 5.69 Å². The van der Waals surface area contributed by atoms with Gasteiger partial charge in [-0.15, -0.1) is 11.8 Å². The van der Waals surface area contributed by atoms with E-state index < -0.39 is 0 Å². The van der Waals surface area contributed by atoms with E-state index >= 15 is 0 Å². The molecule has 0 fully saturated rings. The Balaban J connectivity index is 1.51. The van der Waals surface area contributed by atoms with Crippen LogP contribution in [0.15, 0.2) is 47.4 Å². The highest BCUT2D eigenvalue weighted by Gasteiger charge is 2.22. The summed E-state index contributed by atoms with van der Waals surface area (Å²) in [5.74, 6) is 0.658. The molecule has 4 nitrogen and oxygen atoms in total. The molecule has 136 valence electrons. The maximum atomic E-state index is 12.5. The number of halogens is 2. The summed E-state index contributed by atoms with van der Waals surface area (Å²) in [7, 11) is 0. The maximum Gasteiger partial charge on any atom is 0.227 e. The smallest absolute Gasteiger partial charge is 0.227 e. The average Bonchev–Trinajstić information content (AvgIpc) is 2.65. The third-order valence-electron chi connectivity index (χ3n) is 4.09. The van der Waals surface area contributed by atoms with Gasteiger partial charge in [-0.1, -0.05) is 41.4 Å². The van der Waals surface area contributed by atoms with Gasteiger partial charge in [0.1, 0.15) is 0 Å². The molecule has 2 aromatic carbocycles.